The zero-order valence-electron chi connectivity index (χ0n) is 5.76. The van der Waals surface area contributed by atoms with Crippen LogP contribution in [0.2, 0.25) is 0 Å². The molecule has 0 fully saturated rings. The Balaban J connectivity index is 0. The van der Waals surface area contributed by atoms with Gasteiger partial charge in [0.05, 0.1) is 0 Å². The van der Waals surface area contributed by atoms with Gasteiger partial charge in [-0.2, -0.15) is 0 Å². The van der Waals surface area contributed by atoms with Crippen molar-refractivity contribution in [2.24, 2.45) is 5.73 Å². The van der Waals surface area contributed by atoms with Crippen molar-refractivity contribution in [3.8, 4) is 0 Å². The highest BCUT2D eigenvalue weighted by atomic mass is 35.5. The zero-order chi connectivity index (χ0) is 6.57. The van der Waals surface area contributed by atoms with Crippen molar-refractivity contribution in [2.75, 3.05) is 20.6 Å². The normalized spacial score (nSPS) is 7.89. The smallest absolute Gasteiger partial charge is 0.223 e. The summed E-state index contributed by atoms with van der Waals surface area (Å²) in [5.41, 5.74) is 5.12. The maximum absolute atomic E-state index is 10.6. The quantitative estimate of drug-likeness (QED) is 0.598. The molecule has 0 aromatic carbocycles. The Morgan fingerprint density at radius 1 is 1.56 bits per heavy atom. The van der Waals surface area contributed by atoms with E-state index in [9.17, 15) is 4.79 Å². The molecular weight excluding hydrogens is 140 g/mol. The van der Waals surface area contributed by atoms with Crippen molar-refractivity contribution in [2.45, 2.75) is 6.42 Å². The molecule has 0 aliphatic heterocycles. The number of rotatable bonds is 2. The molecule has 1 amide bonds. The van der Waals surface area contributed by atoms with Crippen LogP contribution in [0, 0.1) is 0 Å². The Hall–Kier alpha value is -0.280. The molecule has 2 N–H and O–H groups in total. The number of halogens is 1. The average Bonchev–Trinajstić information content (AvgIpc) is 1.67. The summed E-state index contributed by atoms with van der Waals surface area (Å²) in [5.74, 6) is 0.0903. The van der Waals surface area contributed by atoms with Crippen LogP contribution in [0.5, 0.6) is 0 Å². The molecule has 0 aliphatic carbocycles. The summed E-state index contributed by atoms with van der Waals surface area (Å²) in [4.78, 5) is 12.1. The second-order valence-electron chi connectivity index (χ2n) is 1.83. The van der Waals surface area contributed by atoms with Crippen LogP contribution in [0.25, 0.3) is 0 Å². The van der Waals surface area contributed by atoms with Crippen LogP contribution in [0.3, 0.4) is 0 Å². The first-order valence-corrected chi connectivity index (χ1v) is 2.58. The third kappa shape index (κ3) is 5.59. The molecule has 0 bridgehead atoms. The van der Waals surface area contributed by atoms with Crippen LogP contribution >= 0.6 is 12.4 Å². The second-order valence-corrected chi connectivity index (χ2v) is 1.83. The van der Waals surface area contributed by atoms with E-state index in [1.54, 1.807) is 14.1 Å². The summed E-state index contributed by atoms with van der Waals surface area (Å²) >= 11 is 0. The first-order chi connectivity index (χ1) is 3.68. The lowest BCUT2D eigenvalue weighted by atomic mass is 10.4. The first-order valence-electron chi connectivity index (χ1n) is 2.58. The van der Waals surface area contributed by atoms with Crippen LogP contribution in [-0.2, 0) is 4.79 Å². The molecule has 4 heteroatoms. The number of carbonyl (C=O) groups is 1. The van der Waals surface area contributed by atoms with E-state index in [2.05, 4.69) is 0 Å². The van der Waals surface area contributed by atoms with E-state index in [0.717, 1.165) is 0 Å². The minimum absolute atomic E-state index is 0. The topological polar surface area (TPSA) is 46.3 Å². The second kappa shape index (κ2) is 5.85. The van der Waals surface area contributed by atoms with Gasteiger partial charge in [-0.3, -0.25) is 4.79 Å². The lowest BCUT2D eigenvalue weighted by Gasteiger charge is -2.07. The highest BCUT2D eigenvalue weighted by Crippen LogP contribution is 1.81. The van der Waals surface area contributed by atoms with Gasteiger partial charge in [-0.15, -0.1) is 12.4 Å². The van der Waals surface area contributed by atoms with Gasteiger partial charge in [0, 0.05) is 27.1 Å². The summed E-state index contributed by atoms with van der Waals surface area (Å²) in [6.45, 7) is 0.441. The largest absolute Gasteiger partial charge is 0.349 e. The van der Waals surface area contributed by atoms with E-state index in [1.165, 1.54) is 4.90 Å². The summed E-state index contributed by atoms with van der Waals surface area (Å²) in [6.07, 6.45) is 0.451. The molecule has 0 aliphatic rings. The molecule has 56 valence electrons. The highest BCUT2D eigenvalue weighted by molar-refractivity contribution is 5.85. The SMILES string of the molecule is CN(C)C(=O)CCN.Cl. The predicted molar refractivity (Wildman–Crippen MR) is 39.6 cm³/mol. The molecule has 0 aromatic rings. The minimum Gasteiger partial charge on any atom is -0.349 e. The molecule has 0 atom stereocenters. The van der Waals surface area contributed by atoms with Crippen LogP contribution in [-0.4, -0.2) is 31.4 Å². The third-order valence-corrected chi connectivity index (χ3v) is 0.857. The number of hydrogen-bond acceptors (Lipinski definition) is 2. The monoisotopic (exact) mass is 152 g/mol. The van der Waals surface area contributed by atoms with Crippen molar-refractivity contribution in [1.29, 1.82) is 0 Å². The Bertz CT molecular complexity index is 85.0. The number of nitrogens with two attached hydrogens (primary N) is 1. The standard InChI is InChI=1S/C5H12N2O.ClH/c1-7(2)5(8)3-4-6;/h3-4,6H2,1-2H3;1H. The first kappa shape index (κ1) is 11.5. The van der Waals surface area contributed by atoms with E-state index in [-0.39, 0.29) is 18.3 Å². The Labute approximate surface area is 61.6 Å². The van der Waals surface area contributed by atoms with Gasteiger partial charge in [-0.1, -0.05) is 0 Å². The maximum atomic E-state index is 10.6. The van der Waals surface area contributed by atoms with Gasteiger partial charge in [0.15, 0.2) is 0 Å². The van der Waals surface area contributed by atoms with Crippen LogP contribution < -0.4 is 5.73 Å². The summed E-state index contributed by atoms with van der Waals surface area (Å²) in [7, 11) is 3.44. The fourth-order valence-corrected chi connectivity index (χ4v) is 0.347. The summed E-state index contributed by atoms with van der Waals surface area (Å²) in [5, 5.41) is 0. The Kier molecular flexibility index (Phi) is 7.48. The molecule has 3 nitrogen and oxygen atoms in total. The van der Waals surface area contributed by atoms with Gasteiger partial charge in [-0.05, 0) is 0 Å². The number of nitrogens with zero attached hydrogens (tertiary/aromatic N) is 1. The Morgan fingerprint density at radius 3 is 2.11 bits per heavy atom. The van der Waals surface area contributed by atoms with E-state index in [1.807, 2.05) is 0 Å². The highest BCUT2D eigenvalue weighted by Gasteiger charge is 1.98. The molecule has 0 saturated carbocycles. The van der Waals surface area contributed by atoms with Gasteiger partial charge in [-0.25, -0.2) is 0 Å². The fourth-order valence-electron chi connectivity index (χ4n) is 0.347. The van der Waals surface area contributed by atoms with Crippen LogP contribution in [0.4, 0.5) is 0 Å². The molecule has 0 radical (unpaired) electrons. The predicted octanol–water partition coefficient (Wildman–Crippen LogP) is -0.155. The lowest BCUT2D eigenvalue weighted by Crippen LogP contribution is -2.23. The summed E-state index contributed by atoms with van der Waals surface area (Å²) in [6, 6.07) is 0. The van der Waals surface area contributed by atoms with Gasteiger partial charge >= 0.3 is 0 Å². The minimum atomic E-state index is 0. The Morgan fingerprint density at radius 2 is 2.00 bits per heavy atom. The third-order valence-electron chi connectivity index (χ3n) is 0.857. The zero-order valence-corrected chi connectivity index (χ0v) is 6.57. The van der Waals surface area contributed by atoms with E-state index in [4.69, 9.17) is 5.73 Å². The number of amides is 1. The lowest BCUT2D eigenvalue weighted by molar-refractivity contribution is -0.128. The van der Waals surface area contributed by atoms with Crippen molar-refractivity contribution >= 4 is 18.3 Å². The van der Waals surface area contributed by atoms with Gasteiger partial charge in [0.1, 0.15) is 0 Å². The van der Waals surface area contributed by atoms with Crippen molar-refractivity contribution < 1.29 is 4.79 Å². The van der Waals surface area contributed by atoms with E-state index in [0.29, 0.717) is 13.0 Å². The van der Waals surface area contributed by atoms with Gasteiger partial charge < -0.3 is 10.6 Å². The molecule has 0 aromatic heterocycles. The average molecular weight is 153 g/mol. The molecule has 0 saturated heterocycles. The van der Waals surface area contributed by atoms with Crippen molar-refractivity contribution in [3.63, 3.8) is 0 Å². The van der Waals surface area contributed by atoms with E-state index < -0.39 is 0 Å². The molecule has 9 heavy (non-hydrogen) atoms. The molecule has 0 spiro atoms. The van der Waals surface area contributed by atoms with Crippen molar-refractivity contribution in [3.05, 3.63) is 0 Å². The fraction of sp³-hybridized carbons (Fsp3) is 0.800. The summed E-state index contributed by atoms with van der Waals surface area (Å²) < 4.78 is 0. The number of hydrogen-bond donors (Lipinski definition) is 1. The van der Waals surface area contributed by atoms with Gasteiger partial charge in [0.2, 0.25) is 5.91 Å². The van der Waals surface area contributed by atoms with E-state index >= 15 is 0 Å². The number of carbonyl (C=O) groups excluding carboxylic acids is 1. The van der Waals surface area contributed by atoms with Gasteiger partial charge in [0.25, 0.3) is 0 Å². The van der Waals surface area contributed by atoms with Crippen molar-refractivity contribution in [1.82, 2.24) is 4.90 Å². The van der Waals surface area contributed by atoms with Crippen LogP contribution in [0.15, 0.2) is 0 Å². The molecule has 0 rings (SSSR count). The maximum Gasteiger partial charge on any atom is 0.223 e. The molecule has 0 heterocycles. The van der Waals surface area contributed by atoms with Crippen LogP contribution in [0.1, 0.15) is 6.42 Å². The molecular formula is C5H13ClN2O. The molecule has 0 unspecified atom stereocenters.